The van der Waals surface area contributed by atoms with E-state index in [2.05, 4.69) is 10.6 Å². The van der Waals surface area contributed by atoms with E-state index in [4.69, 9.17) is 16.3 Å². The Morgan fingerprint density at radius 3 is 2.50 bits per heavy atom. The first-order valence-corrected chi connectivity index (χ1v) is 11.0. The van der Waals surface area contributed by atoms with Crippen molar-refractivity contribution in [3.63, 3.8) is 0 Å². The zero-order valence-corrected chi connectivity index (χ0v) is 19.7. The van der Waals surface area contributed by atoms with Crippen molar-refractivity contribution in [2.75, 3.05) is 17.2 Å². The number of aliphatic hydroxyl groups is 1. The van der Waals surface area contributed by atoms with Gasteiger partial charge in [0.05, 0.1) is 40.8 Å². The highest BCUT2D eigenvalue weighted by Gasteiger charge is 2.34. The van der Waals surface area contributed by atoms with Crippen molar-refractivity contribution < 1.29 is 27.8 Å². The van der Waals surface area contributed by atoms with E-state index in [1.54, 1.807) is 13.0 Å². The third kappa shape index (κ3) is 4.56. The number of anilines is 2. The Labute approximate surface area is 206 Å². The van der Waals surface area contributed by atoms with Crippen molar-refractivity contribution in [1.29, 1.82) is 0 Å². The fourth-order valence-electron chi connectivity index (χ4n) is 3.88. The van der Waals surface area contributed by atoms with Gasteiger partial charge in [0.1, 0.15) is 5.56 Å². The van der Waals surface area contributed by atoms with Crippen LogP contribution in [0.5, 0.6) is 0 Å². The number of nitrogens with zero attached hydrogens (tertiary/aromatic N) is 2. The molecule has 0 fully saturated rings. The van der Waals surface area contributed by atoms with Crippen LogP contribution in [0.25, 0.3) is 5.69 Å². The number of esters is 1. The summed E-state index contributed by atoms with van der Waals surface area (Å²) in [5.74, 6) is -1.01. The van der Waals surface area contributed by atoms with Crippen molar-refractivity contribution in [3.05, 3.63) is 84.6 Å². The first kappa shape index (κ1) is 25.3. The molecule has 0 bridgehead atoms. The molecule has 0 radical (unpaired) electrons. The highest BCUT2D eigenvalue weighted by Crippen LogP contribution is 2.36. The number of aryl methyl sites for hydroxylation is 1. The van der Waals surface area contributed by atoms with Gasteiger partial charge in [0, 0.05) is 6.20 Å². The lowest BCUT2D eigenvalue weighted by atomic mass is 10.1. The van der Waals surface area contributed by atoms with Gasteiger partial charge in [0.25, 0.3) is 5.56 Å². The molecule has 1 aromatic heterocycles. The van der Waals surface area contributed by atoms with Crippen LogP contribution >= 0.6 is 11.6 Å². The number of alkyl halides is 3. The van der Waals surface area contributed by atoms with E-state index in [1.165, 1.54) is 19.1 Å². The Hall–Kier alpha value is -3.77. The molecule has 0 saturated heterocycles. The minimum atomic E-state index is -4.75. The fourth-order valence-corrected chi connectivity index (χ4v) is 4.17. The second-order valence-electron chi connectivity index (χ2n) is 7.96. The van der Waals surface area contributed by atoms with Crippen LogP contribution in [0.4, 0.5) is 24.5 Å². The van der Waals surface area contributed by atoms with E-state index in [-0.39, 0.29) is 17.9 Å². The third-order valence-electron chi connectivity index (χ3n) is 5.56. The topological polar surface area (TPSA) is 115 Å². The molecule has 13 heteroatoms. The maximum atomic E-state index is 13.5. The SMILES string of the molecule is CCOC(=O)c1cn(-c2cc3c(cc2C)NC(O)N3)c(=O)n(Cc2cccc(C(F)(F)F)c2Cl)c1=O. The largest absolute Gasteiger partial charge is 0.462 e. The number of hydrogen-bond acceptors (Lipinski definition) is 7. The highest BCUT2D eigenvalue weighted by molar-refractivity contribution is 6.32. The zero-order valence-electron chi connectivity index (χ0n) is 18.9. The normalized spacial score (nSPS) is 14.7. The van der Waals surface area contributed by atoms with E-state index in [0.717, 1.165) is 22.9 Å². The van der Waals surface area contributed by atoms with Gasteiger partial charge in [0.2, 0.25) is 6.35 Å². The van der Waals surface area contributed by atoms with Crippen LogP contribution in [-0.2, 0) is 17.5 Å². The molecule has 190 valence electrons. The molecule has 0 aliphatic carbocycles. The zero-order chi connectivity index (χ0) is 26.4. The van der Waals surface area contributed by atoms with E-state index in [0.29, 0.717) is 21.5 Å². The van der Waals surface area contributed by atoms with Crippen molar-refractivity contribution in [3.8, 4) is 5.69 Å². The summed E-state index contributed by atoms with van der Waals surface area (Å²) in [5, 5.41) is 14.7. The predicted molar refractivity (Wildman–Crippen MR) is 126 cm³/mol. The summed E-state index contributed by atoms with van der Waals surface area (Å²) >= 11 is 5.98. The molecular formula is C23H20ClF3N4O5. The summed E-state index contributed by atoms with van der Waals surface area (Å²) in [6.45, 7) is 2.51. The van der Waals surface area contributed by atoms with Crippen molar-refractivity contribution in [2.24, 2.45) is 0 Å². The summed E-state index contributed by atoms with van der Waals surface area (Å²) in [6.07, 6.45) is -4.78. The molecule has 2 heterocycles. The van der Waals surface area contributed by atoms with Gasteiger partial charge in [-0.05, 0) is 43.2 Å². The van der Waals surface area contributed by atoms with E-state index in [1.807, 2.05) is 0 Å². The van der Waals surface area contributed by atoms with Gasteiger partial charge in [0.15, 0.2) is 0 Å². The van der Waals surface area contributed by atoms with E-state index < -0.39 is 52.4 Å². The lowest BCUT2D eigenvalue weighted by molar-refractivity contribution is -0.137. The predicted octanol–water partition coefficient (Wildman–Crippen LogP) is 3.32. The molecule has 3 N–H and O–H groups in total. The van der Waals surface area contributed by atoms with Crippen molar-refractivity contribution in [2.45, 2.75) is 32.9 Å². The molecule has 1 atom stereocenters. The third-order valence-corrected chi connectivity index (χ3v) is 6.01. The Bertz CT molecular complexity index is 1480. The number of ether oxygens (including phenoxy) is 1. The number of carbonyl (C=O) groups excluding carboxylic acids is 1. The first-order valence-electron chi connectivity index (χ1n) is 10.7. The number of fused-ring (bicyclic) bond motifs is 1. The van der Waals surface area contributed by atoms with Crippen LogP contribution < -0.4 is 21.9 Å². The van der Waals surface area contributed by atoms with Crippen molar-refractivity contribution in [1.82, 2.24) is 9.13 Å². The highest BCUT2D eigenvalue weighted by atomic mass is 35.5. The molecule has 0 saturated carbocycles. The van der Waals surface area contributed by atoms with Gasteiger partial charge < -0.3 is 20.5 Å². The number of rotatable bonds is 5. The van der Waals surface area contributed by atoms with Gasteiger partial charge in [-0.25, -0.2) is 9.59 Å². The van der Waals surface area contributed by atoms with Crippen molar-refractivity contribution >= 4 is 28.9 Å². The van der Waals surface area contributed by atoms with Crippen LogP contribution in [-0.4, -0.2) is 33.2 Å². The molecule has 3 aromatic rings. The molecular weight excluding hydrogens is 505 g/mol. The summed E-state index contributed by atoms with van der Waals surface area (Å²) in [6, 6.07) is 6.31. The van der Waals surface area contributed by atoms with Crippen LogP contribution in [0.3, 0.4) is 0 Å². The number of hydrogen-bond donors (Lipinski definition) is 3. The van der Waals surface area contributed by atoms with Gasteiger partial charge in [-0.15, -0.1) is 0 Å². The Morgan fingerprint density at radius 1 is 1.19 bits per heavy atom. The summed E-state index contributed by atoms with van der Waals surface area (Å²) in [4.78, 5) is 39.1. The van der Waals surface area contributed by atoms with Crippen LogP contribution in [0.1, 0.15) is 34.0 Å². The lowest BCUT2D eigenvalue weighted by Gasteiger charge is -2.17. The monoisotopic (exact) mass is 524 g/mol. The molecule has 9 nitrogen and oxygen atoms in total. The first-order chi connectivity index (χ1) is 16.9. The fraction of sp³-hybridized carbons (Fsp3) is 0.261. The number of benzene rings is 2. The molecule has 1 unspecified atom stereocenters. The number of aromatic nitrogens is 2. The van der Waals surface area contributed by atoms with Crippen LogP contribution in [0, 0.1) is 6.92 Å². The molecule has 0 amide bonds. The Kier molecular flexibility index (Phi) is 6.58. The number of nitrogens with one attached hydrogen (secondary N) is 2. The molecule has 2 aromatic carbocycles. The maximum Gasteiger partial charge on any atom is 0.417 e. The minimum absolute atomic E-state index is 0.0534. The number of carbonyl (C=O) groups is 1. The van der Waals surface area contributed by atoms with E-state index >= 15 is 0 Å². The molecule has 1 aliphatic rings. The van der Waals surface area contributed by atoms with Gasteiger partial charge in [-0.2, -0.15) is 13.2 Å². The standard InChI is InChI=1S/C23H20ClF3N4O5/c1-3-36-20(33)13-10-30(17-8-16-15(7-11(17)2)28-21(34)29-16)22(35)31(19(13)32)9-12-5-4-6-14(18(12)24)23(25,26)27/h4-8,10,21,28-29,34H,3,9H2,1-2H3. The summed E-state index contributed by atoms with van der Waals surface area (Å²) < 4.78 is 46.6. The second kappa shape index (κ2) is 9.36. The maximum absolute atomic E-state index is 13.5. The van der Waals surface area contributed by atoms with Crippen LogP contribution in [0.15, 0.2) is 46.1 Å². The molecule has 0 spiro atoms. The number of aliphatic hydroxyl groups excluding tert-OH is 1. The minimum Gasteiger partial charge on any atom is -0.462 e. The molecule has 1 aliphatic heterocycles. The number of halogens is 4. The average Bonchev–Trinajstić information content (AvgIpc) is 3.15. The Morgan fingerprint density at radius 2 is 1.86 bits per heavy atom. The molecule has 4 rings (SSSR count). The smallest absolute Gasteiger partial charge is 0.417 e. The Balaban J connectivity index is 1.93. The van der Waals surface area contributed by atoms with Gasteiger partial charge in [-0.3, -0.25) is 13.9 Å². The quantitative estimate of drug-likeness (QED) is 0.439. The van der Waals surface area contributed by atoms with Gasteiger partial charge >= 0.3 is 17.8 Å². The molecule has 36 heavy (non-hydrogen) atoms. The second-order valence-corrected chi connectivity index (χ2v) is 8.34. The average molecular weight is 525 g/mol. The van der Waals surface area contributed by atoms with E-state index in [9.17, 15) is 32.7 Å². The summed E-state index contributed by atoms with van der Waals surface area (Å²) in [5.41, 5.74) is -1.91. The van der Waals surface area contributed by atoms with Crippen LogP contribution in [0.2, 0.25) is 5.02 Å². The van der Waals surface area contributed by atoms with Gasteiger partial charge in [-0.1, -0.05) is 23.7 Å². The lowest BCUT2D eigenvalue weighted by Crippen LogP contribution is -2.42. The summed E-state index contributed by atoms with van der Waals surface area (Å²) in [7, 11) is 0.